The number of carbonyl (C=O) groups excluding carboxylic acids is 1. The van der Waals surface area contributed by atoms with Gasteiger partial charge < -0.3 is 19.8 Å². The molecular formula is C29H60N2O6P+. The van der Waals surface area contributed by atoms with E-state index in [1.165, 1.54) is 44.9 Å². The highest BCUT2D eigenvalue weighted by atomic mass is 31.2. The van der Waals surface area contributed by atoms with Crippen molar-refractivity contribution in [2.45, 2.75) is 129 Å². The van der Waals surface area contributed by atoms with E-state index in [0.717, 1.165) is 44.9 Å². The third-order valence-corrected chi connectivity index (χ3v) is 7.50. The molecule has 1 unspecified atom stereocenters. The summed E-state index contributed by atoms with van der Waals surface area (Å²) in [5, 5.41) is 13.6. The lowest BCUT2D eigenvalue weighted by Crippen LogP contribution is -2.46. The molecule has 0 saturated heterocycles. The average molecular weight is 564 g/mol. The van der Waals surface area contributed by atoms with Gasteiger partial charge in [-0.2, -0.15) is 0 Å². The molecule has 0 aromatic carbocycles. The van der Waals surface area contributed by atoms with Crippen molar-refractivity contribution in [1.29, 1.82) is 0 Å². The molecule has 3 atom stereocenters. The molecule has 0 aromatic heterocycles. The zero-order chi connectivity index (χ0) is 28.7. The molecule has 0 heterocycles. The number of quaternary nitrogens is 1. The molecule has 0 rings (SSSR count). The van der Waals surface area contributed by atoms with Gasteiger partial charge in [-0.15, -0.1) is 0 Å². The van der Waals surface area contributed by atoms with E-state index in [1.807, 2.05) is 21.1 Å². The van der Waals surface area contributed by atoms with Crippen LogP contribution in [0.3, 0.4) is 0 Å². The molecule has 38 heavy (non-hydrogen) atoms. The molecule has 0 aromatic rings. The topological polar surface area (TPSA) is 105 Å². The number of nitrogens with zero attached hydrogens (tertiary/aromatic N) is 1. The molecule has 0 saturated carbocycles. The van der Waals surface area contributed by atoms with Crippen LogP contribution in [0.15, 0.2) is 12.2 Å². The number of likely N-dealkylation sites (N-methyl/N-ethyl adjacent to an activating group) is 1. The summed E-state index contributed by atoms with van der Waals surface area (Å²) in [5.74, 6) is -0.167. The van der Waals surface area contributed by atoms with E-state index in [-0.39, 0.29) is 19.1 Å². The Hall–Kier alpha value is -0.760. The van der Waals surface area contributed by atoms with Gasteiger partial charge in [-0.3, -0.25) is 13.8 Å². The number of phosphoric acid groups is 1. The normalized spacial score (nSPS) is 15.4. The SMILES string of the molecule is CCCCC/C=C/CCCC[C@@H](O)[C@H](COP(=O)(O)OCC[N+](C)(C)C)NC(=O)CCCCCCCCC. The summed E-state index contributed by atoms with van der Waals surface area (Å²) in [6.07, 6.45) is 19.7. The van der Waals surface area contributed by atoms with Crippen LogP contribution in [-0.2, 0) is 18.4 Å². The van der Waals surface area contributed by atoms with Gasteiger partial charge in [0.2, 0.25) is 5.91 Å². The largest absolute Gasteiger partial charge is 0.472 e. The third-order valence-electron chi connectivity index (χ3n) is 6.51. The first-order chi connectivity index (χ1) is 18.0. The van der Waals surface area contributed by atoms with Crippen LogP contribution in [0, 0.1) is 0 Å². The summed E-state index contributed by atoms with van der Waals surface area (Å²) < 4.78 is 23.2. The first kappa shape index (κ1) is 37.2. The van der Waals surface area contributed by atoms with Gasteiger partial charge in [-0.25, -0.2) is 4.57 Å². The van der Waals surface area contributed by atoms with E-state index < -0.39 is 20.0 Å². The lowest BCUT2D eigenvalue weighted by molar-refractivity contribution is -0.870. The van der Waals surface area contributed by atoms with Crippen molar-refractivity contribution in [3.8, 4) is 0 Å². The number of allylic oxidation sites excluding steroid dienone is 2. The van der Waals surface area contributed by atoms with Crippen molar-refractivity contribution >= 4 is 13.7 Å². The maximum Gasteiger partial charge on any atom is 0.472 e. The number of amides is 1. The van der Waals surface area contributed by atoms with Gasteiger partial charge in [0.25, 0.3) is 0 Å². The van der Waals surface area contributed by atoms with E-state index in [9.17, 15) is 19.4 Å². The molecule has 8 nitrogen and oxygen atoms in total. The molecule has 0 aliphatic rings. The lowest BCUT2D eigenvalue weighted by atomic mass is 10.0. The number of hydrogen-bond donors (Lipinski definition) is 3. The molecule has 0 bridgehead atoms. The first-order valence-corrected chi connectivity index (χ1v) is 16.5. The number of phosphoric ester groups is 1. The third kappa shape index (κ3) is 24.3. The summed E-state index contributed by atoms with van der Waals surface area (Å²) in [4.78, 5) is 22.7. The number of carbonyl (C=O) groups is 1. The van der Waals surface area contributed by atoms with Crippen molar-refractivity contribution in [3.63, 3.8) is 0 Å². The van der Waals surface area contributed by atoms with E-state index >= 15 is 0 Å². The van der Waals surface area contributed by atoms with E-state index in [4.69, 9.17) is 9.05 Å². The molecular weight excluding hydrogens is 503 g/mol. The predicted octanol–water partition coefficient (Wildman–Crippen LogP) is 6.51. The summed E-state index contributed by atoms with van der Waals surface area (Å²) in [5.41, 5.74) is 0. The van der Waals surface area contributed by atoms with Gasteiger partial charge >= 0.3 is 7.82 Å². The number of hydrogen-bond acceptors (Lipinski definition) is 5. The smallest absolute Gasteiger partial charge is 0.391 e. The minimum absolute atomic E-state index is 0.0705. The Balaban J connectivity index is 4.66. The molecule has 0 radical (unpaired) electrons. The number of nitrogens with one attached hydrogen (secondary N) is 1. The maximum atomic E-state index is 12.6. The van der Waals surface area contributed by atoms with E-state index in [2.05, 4.69) is 31.3 Å². The second kappa shape index (κ2) is 23.0. The Labute approximate surface area is 233 Å². The van der Waals surface area contributed by atoms with Crippen molar-refractivity contribution in [1.82, 2.24) is 5.32 Å². The van der Waals surface area contributed by atoms with Crippen LogP contribution in [0.25, 0.3) is 0 Å². The molecule has 9 heteroatoms. The number of aliphatic hydroxyl groups is 1. The van der Waals surface area contributed by atoms with Crippen molar-refractivity contribution < 1.29 is 32.9 Å². The van der Waals surface area contributed by atoms with Crippen molar-refractivity contribution in [2.75, 3.05) is 40.9 Å². The Morgan fingerprint density at radius 3 is 2.03 bits per heavy atom. The first-order valence-electron chi connectivity index (χ1n) is 15.1. The lowest BCUT2D eigenvalue weighted by Gasteiger charge is -2.26. The Bertz CT molecular complexity index is 653. The number of rotatable bonds is 26. The van der Waals surface area contributed by atoms with Crippen molar-refractivity contribution in [3.05, 3.63) is 12.2 Å². The molecule has 1 amide bonds. The minimum atomic E-state index is -4.29. The molecule has 0 aliphatic carbocycles. The average Bonchev–Trinajstić information content (AvgIpc) is 2.84. The Kier molecular flexibility index (Phi) is 22.5. The number of unbranched alkanes of at least 4 members (excludes halogenated alkanes) is 11. The standard InChI is InChI=1S/C29H59N2O6P/c1-6-8-10-12-14-15-17-18-20-22-28(32)27(26-37-38(34,35)36-25-24-31(3,4)5)30-29(33)23-21-19-16-13-11-9-7-2/h14-15,27-28,32H,6-13,16-26H2,1-5H3,(H-,30,33,34,35)/p+1/b15-14+/t27-,28+/m0/s1. The highest BCUT2D eigenvalue weighted by Gasteiger charge is 2.28. The summed E-state index contributed by atoms with van der Waals surface area (Å²) in [6, 6.07) is -0.765. The Morgan fingerprint density at radius 1 is 0.868 bits per heavy atom. The zero-order valence-electron chi connectivity index (χ0n) is 25.2. The summed E-state index contributed by atoms with van der Waals surface area (Å²) in [6.45, 7) is 4.73. The van der Waals surface area contributed by atoms with Crippen LogP contribution < -0.4 is 5.32 Å². The van der Waals surface area contributed by atoms with Gasteiger partial charge in [-0.1, -0.05) is 83.8 Å². The van der Waals surface area contributed by atoms with Gasteiger partial charge in [0.1, 0.15) is 13.2 Å². The second-order valence-corrected chi connectivity index (χ2v) is 12.9. The van der Waals surface area contributed by atoms with Crippen molar-refractivity contribution in [2.24, 2.45) is 0 Å². The quantitative estimate of drug-likeness (QED) is 0.0480. The predicted molar refractivity (Wildman–Crippen MR) is 157 cm³/mol. The minimum Gasteiger partial charge on any atom is -0.391 e. The van der Waals surface area contributed by atoms with Gasteiger partial charge in [0, 0.05) is 6.42 Å². The maximum absolute atomic E-state index is 12.6. The molecule has 0 fully saturated rings. The van der Waals surface area contributed by atoms with Crippen LogP contribution in [0.2, 0.25) is 0 Å². The van der Waals surface area contributed by atoms with E-state index in [1.54, 1.807) is 0 Å². The Morgan fingerprint density at radius 2 is 1.42 bits per heavy atom. The van der Waals surface area contributed by atoms with Crippen LogP contribution in [0.4, 0.5) is 0 Å². The molecule has 0 aliphatic heterocycles. The highest BCUT2D eigenvalue weighted by molar-refractivity contribution is 7.47. The fourth-order valence-electron chi connectivity index (χ4n) is 3.98. The van der Waals surface area contributed by atoms with E-state index in [0.29, 0.717) is 23.9 Å². The second-order valence-electron chi connectivity index (χ2n) is 11.5. The monoisotopic (exact) mass is 563 g/mol. The van der Waals surface area contributed by atoms with Crippen LogP contribution in [-0.4, -0.2) is 73.4 Å². The van der Waals surface area contributed by atoms with Crippen LogP contribution in [0.5, 0.6) is 0 Å². The molecule has 0 spiro atoms. The van der Waals surface area contributed by atoms with Gasteiger partial charge in [-0.05, 0) is 38.5 Å². The zero-order valence-corrected chi connectivity index (χ0v) is 26.1. The number of aliphatic hydroxyl groups excluding tert-OH is 1. The van der Waals surface area contributed by atoms with Gasteiger partial charge in [0.15, 0.2) is 0 Å². The fraction of sp³-hybridized carbons (Fsp3) is 0.897. The highest BCUT2D eigenvalue weighted by Crippen LogP contribution is 2.43. The molecule has 226 valence electrons. The fourth-order valence-corrected chi connectivity index (χ4v) is 4.71. The van der Waals surface area contributed by atoms with Gasteiger partial charge in [0.05, 0.1) is 39.9 Å². The summed E-state index contributed by atoms with van der Waals surface area (Å²) >= 11 is 0. The summed E-state index contributed by atoms with van der Waals surface area (Å²) in [7, 11) is 1.59. The molecule has 3 N–H and O–H groups in total. The van der Waals surface area contributed by atoms with Crippen LogP contribution in [0.1, 0.15) is 117 Å². The van der Waals surface area contributed by atoms with Crippen LogP contribution >= 0.6 is 7.82 Å².